The number of ketones is 1. The minimum atomic E-state index is -0.460. The van der Waals surface area contributed by atoms with Crippen LogP contribution < -0.4 is 0 Å². The first kappa shape index (κ1) is 11.1. The SMILES string of the molecule is CC1(C)CC(=O)C=C(C[SiH]2CCCC2)C1. The zero-order valence-corrected chi connectivity index (χ0v) is 11.2. The highest BCUT2D eigenvalue weighted by Crippen LogP contribution is 2.37. The van der Waals surface area contributed by atoms with Gasteiger partial charge < -0.3 is 0 Å². The molecular formula is C13H22OSi. The summed E-state index contributed by atoms with van der Waals surface area (Å²) in [6.45, 7) is 4.46. The number of carbonyl (C=O) groups is 1. The van der Waals surface area contributed by atoms with E-state index in [9.17, 15) is 4.79 Å². The van der Waals surface area contributed by atoms with Gasteiger partial charge in [0.15, 0.2) is 5.78 Å². The summed E-state index contributed by atoms with van der Waals surface area (Å²) in [7, 11) is -0.460. The molecule has 2 heteroatoms. The van der Waals surface area contributed by atoms with Crippen LogP contribution in [0.15, 0.2) is 11.6 Å². The van der Waals surface area contributed by atoms with Crippen molar-refractivity contribution < 1.29 is 4.79 Å². The Morgan fingerprint density at radius 2 is 1.93 bits per heavy atom. The van der Waals surface area contributed by atoms with E-state index in [4.69, 9.17) is 0 Å². The molecule has 1 fully saturated rings. The lowest BCUT2D eigenvalue weighted by Gasteiger charge is -2.29. The van der Waals surface area contributed by atoms with Crippen LogP contribution in [0.5, 0.6) is 0 Å². The third kappa shape index (κ3) is 3.04. The van der Waals surface area contributed by atoms with Gasteiger partial charge in [0.1, 0.15) is 0 Å². The number of carbonyl (C=O) groups excluding carboxylic acids is 1. The van der Waals surface area contributed by atoms with Gasteiger partial charge in [0.25, 0.3) is 0 Å². The highest BCUT2D eigenvalue weighted by atomic mass is 28.3. The number of hydrogen-bond donors (Lipinski definition) is 0. The molecule has 0 unspecified atom stereocenters. The smallest absolute Gasteiger partial charge is 0.156 e. The van der Waals surface area contributed by atoms with E-state index in [1.54, 1.807) is 0 Å². The van der Waals surface area contributed by atoms with E-state index in [2.05, 4.69) is 13.8 Å². The van der Waals surface area contributed by atoms with E-state index in [1.807, 2.05) is 6.08 Å². The van der Waals surface area contributed by atoms with Crippen LogP contribution in [0.4, 0.5) is 0 Å². The molecule has 0 aromatic carbocycles. The van der Waals surface area contributed by atoms with Gasteiger partial charge in [-0.2, -0.15) is 0 Å². The highest BCUT2D eigenvalue weighted by Gasteiger charge is 2.29. The molecule has 1 heterocycles. The third-order valence-corrected chi connectivity index (χ3v) is 7.30. The second-order valence-corrected chi connectivity index (χ2v) is 9.44. The summed E-state index contributed by atoms with van der Waals surface area (Å²) < 4.78 is 0. The van der Waals surface area contributed by atoms with E-state index < -0.39 is 8.80 Å². The van der Waals surface area contributed by atoms with Crippen molar-refractivity contribution in [3.63, 3.8) is 0 Å². The maximum absolute atomic E-state index is 11.6. The molecule has 1 nitrogen and oxygen atoms in total. The summed E-state index contributed by atoms with van der Waals surface area (Å²) in [5, 5.41) is 0. The molecule has 0 N–H and O–H groups in total. The topological polar surface area (TPSA) is 17.1 Å². The van der Waals surface area contributed by atoms with Crippen molar-refractivity contribution in [3.8, 4) is 0 Å². The van der Waals surface area contributed by atoms with Crippen molar-refractivity contribution in [2.75, 3.05) is 0 Å². The predicted molar refractivity (Wildman–Crippen MR) is 66.9 cm³/mol. The van der Waals surface area contributed by atoms with Crippen molar-refractivity contribution in [1.29, 1.82) is 0 Å². The molecule has 0 radical (unpaired) electrons. The van der Waals surface area contributed by atoms with Crippen molar-refractivity contribution in [3.05, 3.63) is 11.6 Å². The maximum atomic E-state index is 11.6. The molecule has 84 valence electrons. The Morgan fingerprint density at radius 3 is 2.53 bits per heavy atom. The minimum Gasteiger partial charge on any atom is -0.295 e. The van der Waals surface area contributed by atoms with Gasteiger partial charge in [-0.1, -0.05) is 44.4 Å². The average Bonchev–Trinajstić information content (AvgIpc) is 2.52. The van der Waals surface area contributed by atoms with E-state index >= 15 is 0 Å². The Bertz CT molecular complexity index is 285. The van der Waals surface area contributed by atoms with Crippen molar-refractivity contribution in [2.24, 2.45) is 5.41 Å². The number of allylic oxidation sites excluding steroid dienone is 2. The zero-order valence-electron chi connectivity index (χ0n) is 10.0. The molecule has 15 heavy (non-hydrogen) atoms. The monoisotopic (exact) mass is 222 g/mol. The largest absolute Gasteiger partial charge is 0.295 e. The Morgan fingerprint density at radius 1 is 1.27 bits per heavy atom. The first-order chi connectivity index (χ1) is 7.05. The number of hydrogen-bond acceptors (Lipinski definition) is 1. The van der Waals surface area contributed by atoms with Crippen LogP contribution in [0.1, 0.15) is 39.5 Å². The molecule has 0 bridgehead atoms. The molecule has 0 amide bonds. The van der Waals surface area contributed by atoms with E-state index in [0.717, 1.165) is 6.42 Å². The fourth-order valence-electron chi connectivity index (χ4n) is 3.19. The summed E-state index contributed by atoms with van der Waals surface area (Å²) in [6.07, 6.45) is 6.81. The predicted octanol–water partition coefficient (Wildman–Crippen LogP) is 3.32. The summed E-state index contributed by atoms with van der Waals surface area (Å²) in [5.41, 5.74) is 1.71. The quantitative estimate of drug-likeness (QED) is 0.655. The first-order valence-corrected chi connectivity index (χ1v) is 8.72. The lowest BCUT2D eigenvalue weighted by Crippen LogP contribution is -2.23. The molecule has 2 aliphatic rings. The Hall–Kier alpha value is -0.373. The lowest BCUT2D eigenvalue weighted by atomic mass is 9.77. The van der Waals surface area contributed by atoms with Crippen LogP contribution in [0, 0.1) is 5.41 Å². The highest BCUT2D eigenvalue weighted by molar-refractivity contribution is 6.60. The zero-order chi connectivity index (χ0) is 10.9. The summed E-state index contributed by atoms with van der Waals surface area (Å²) in [5.74, 6) is 0.369. The van der Waals surface area contributed by atoms with Gasteiger partial charge in [0, 0.05) is 15.2 Å². The summed E-state index contributed by atoms with van der Waals surface area (Å²) in [4.78, 5) is 11.6. The van der Waals surface area contributed by atoms with Crippen LogP contribution in [-0.4, -0.2) is 14.6 Å². The van der Waals surface area contributed by atoms with Gasteiger partial charge >= 0.3 is 0 Å². The van der Waals surface area contributed by atoms with Crippen LogP contribution >= 0.6 is 0 Å². The summed E-state index contributed by atoms with van der Waals surface area (Å²) >= 11 is 0. The Balaban J connectivity index is 1.98. The molecule has 0 spiro atoms. The number of rotatable bonds is 2. The first-order valence-electron chi connectivity index (χ1n) is 6.27. The summed E-state index contributed by atoms with van der Waals surface area (Å²) in [6, 6.07) is 4.37. The van der Waals surface area contributed by atoms with Crippen molar-refractivity contribution in [2.45, 2.75) is 57.7 Å². The Kier molecular flexibility index (Phi) is 3.15. The van der Waals surface area contributed by atoms with Gasteiger partial charge in [-0.3, -0.25) is 4.79 Å². The average molecular weight is 222 g/mol. The van der Waals surface area contributed by atoms with E-state index in [-0.39, 0.29) is 5.41 Å². The minimum absolute atomic E-state index is 0.230. The van der Waals surface area contributed by atoms with Crippen molar-refractivity contribution >= 4 is 14.6 Å². The van der Waals surface area contributed by atoms with Gasteiger partial charge in [-0.05, 0) is 24.0 Å². The van der Waals surface area contributed by atoms with Crippen LogP contribution in [0.2, 0.25) is 18.1 Å². The van der Waals surface area contributed by atoms with Crippen LogP contribution in [0.25, 0.3) is 0 Å². The fourth-order valence-corrected chi connectivity index (χ4v) is 6.63. The van der Waals surface area contributed by atoms with E-state index in [0.29, 0.717) is 5.78 Å². The van der Waals surface area contributed by atoms with Crippen LogP contribution in [-0.2, 0) is 4.79 Å². The second kappa shape index (κ2) is 4.24. The molecule has 2 rings (SSSR count). The second-order valence-electron chi connectivity index (χ2n) is 6.14. The molecule has 0 saturated carbocycles. The molecule has 0 aromatic heterocycles. The van der Waals surface area contributed by atoms with Gasteiger partial charge in [0.2, 0.25) is 0 Å². The fraction of sp³-hybridized carbons (Fsp3) is 0.769. The molecule has 1 aliphatic carbocycles. The van der Waals surface area contributed by atoms with E-state index in [1.165, 1.54) is 43.0 Å². The molecule has 0 atom stereocenters. The molecule has 0 aromatic rings. The third-order valence-electron chi connectivity index (χ3n) is 3.75. The maximum Gasteiger partial charge on any atom is 0.156 e. The van der Waals surface area contributed by atoms with Gasteiger partial charge in [0.05, 0.1) is 0 Å². The lowest BCUT2D eigenvalue weighted by molar-refractivity contribution is -0.117. The normalized spacial score (nSPS) is 26.8. The standard InChI is InChI=1S/C13H22OSi/c1-13(2)8-11(7-12(14)9-13)10-15-5-3-4-6-15/h7,15H,3-6,8-10H2,1-2H3. The van der Waals surface area contributed by atoms with Crippen LogP contribution in [0.3, 0.4) is 0 Å². The van der Waals surface area contributed by atoms with Gasteiger partial charge in [-0.15, -0.1) is 0 Å². The molecule has 1 saturated heterocycles. The van der Waals surface area contributed by atoms with Crippen molar-refractivity contribution in [1.82, 2.24) is 0 Å². The van der Waals surface area contributed by atoms with Gasteiger partial charge in [-0.25, -0.2) is 0 Å². The molecular weight excluding hydrogens is 200 g/mol. The Labute approximate surface area is 94.6 Å². The molecule has 1 aliphatic heterocycles.